The number of carbonyl (C=O) groups excluding carboxylic acids is 1. The van der Waals surface area contributed by atoms with Crippen molar-refractivity contribution in [2.75, 3.05) is 13.1 Å². The van der Waals surface area contributed by atoms with Crippen molar-refractivity contribution in [1.82, 2.24) is 4.90 Å². The monoisotopic (exact) mass is 196 g/mol. The number of amides is 1. The van der Waals surface area contributed by atoms with Crippen LogP contribution in [0.2, 0.25) is 0 Å². The quantitative estimate of drug-likeness (QED) is 0.689. The first-order chi connectivity index (χ1) is 6.64. The van der Waals surface area contributed by atoms with Gasteiger partial charge in [0.25, 0.3) is 0 Å². The zero-order chi connectivity index (χ0) is 10.6. The Balaban J connectivity index is 2.65. The van der Waals surface area contributed by atoms with Gasteiger partial charge < -0.3 is 10.6 Å². The van der Waals surface area contributed by atoms with Gasteiger partial charge >= 0.3 is 0 Å². The second-order valence-electron chi connectivity index (χ2n) is 4.00. The summed E-state index contributed by atoms with van der Waals surface area (Å²) in [4.78, 5) is 13.8. The van der Waals surface area contributed by atoms with Gasteiger partial charge in [-0.15, -0.1) is 6.58 Å². The van der Waals surface area contributed by atoms with Crippen molar-refractivity contribution >= 4 is 5.91 Å². The summed E-state index contributed by atoms with van der Waals surface area (Å²) in [6.07, 6.45) is 5.57. The molecule has 2 N–H and O–H groups in total. The van der Waals surface area contributed by atoms with E-state index in [9.17, 15) is 4.79 Å². The van der Waals surface area contributed by atoms with Crippen LogP contribution in [0.4, 0.5) is 0 Å². The molecule has 1 rings (SSSR count). The molecule has 3 heteroatoms. The summed E-state index contributed by atoms with van der Waals surface area (Å²) in [5.41, 5.74) is 5.50. The van der Waals surface area contributed by atoms with Crippen molar-refractivity contribution < 1.29 is 4.79 Å². The Morgan fingerprint density at radius 1 is 1.57 bits per heavy atom. The smallest absolute Gasteiger partial charge is 0.242 e. The van der Waals surface area contributed by atoms with Gasteiger partial charge in [-0.2, -0.15) is 0 Å². The standard InChI is InChI=1S/C11H20N2O/c1-3-9-13(4-2)10(14)11(12)7-5-6-8-11/h3H,1,4-9,12H2,2H3. The maximum Gasteiger partial charge on any atom is 0.242 e. The molecule has 0 atom stereocenters. The molecule has 0 aromatic rings. The van der Waals surface area contributed by atoms with Gasteiger partial charge in [0.2, 0.25) is 5.91 Å². The number of carbonyl (C=O) groups is 1. The Bertz CT molecular complexity index is 219. The molecule has 14 heavy (non-hydrogen) atoms. The van der Waals surface area contributed by atoms with E-state index >= 15 is 0 Å². The molecule has 0 radical (unpaired) electrons. The Kier molecular flexibility index (Phi) is 3.69. The fraction of sp³-hybridized carbons (Fsp3) is 0.727. The van der Waals surface area contributed by atoms with Crippen molar-refractivity contribution in [2.45, 2.75) is 38.1 Å². The van der Waals surface area contributed by atoms with E-state index in [1.54, 1.807) is 11.0 Å². The predicted molar refractivity (Wildman–Crippen MR) is 57.8 cm³/mol. The second kappa shape index (κ2) is 4.60. The predicted octanol–water partition coefficient (Wildman–Crippen LogP) is 1.29. The summed E-state index contributed by atoms with van der Waals surface area (Å²) < 4.78 is 0. The SMILES string of the molecule is C=CCN(CC)C(=O)C1(N)CCCC1. The lowest BCUT2D eigenvalue weighted by Gasteiger charge is -2.29. The van der Waals surface area contributed by atoms with E-state index in [1.807, 2.05) is 6.92 Å². The third kappa shape index (κ3) is 2.15. The van der Waals surface area contributed by atoms with Gasteiger partial charge in [0.05, 0.1) is 5.54 Å². The molecule has 0 aromatic carbocycles. The molecule has 80 valence electrons. The van der Waals surface area contributed by atoms with Gasteiger partial charge in [-0.05, 0) is 19.8 Å². The molecule has 1 saturated carbocycles. The third-order valence-electron chi connectivity index (χ3n) is 2.94. The Morgan fingerprint density at radius 3 is 2.57 bits per heavy atom. The molecule has 1 fully saturated rings. The number of nitrogens with zero attached hydrogens (tertiary/aromatic N) is 1. The molecule has 0 unspecified atom stereocenters. The zero-order valence-corrected chi connectivity index (χ0v) is 8.96. The number of hydrogen-bond donors (Lipinski definition) is 1. The van der Waals surface area contributed by atoms with Crippen LogP contribution in [0.3, 0.4) is 0 Å². The molecule has 0 aromatic heterocycles. The molecular weight excluding hydrogens is 176 g/mol. The Labute approximate surface area is 86.0 Å². The van der Waals surface area contributed by atoms with Crippen LogP contribution in [0.15, 0.2) is 12.7 Å². The summed E-state index contributed by atoms with van der Waals surface area (Å²) >= 11 is 0. The van der Waals surface area contributed by atoms with Gasteiger partial charge in [-0.25, -0.2) is 0 Å². The molecule has 3 nitrogen and oxygen atoms in total. The Morgan fingerprint density at radius 2 is 2.14 bits per heavy atom. The highest BCUT2D eigenvalue weighted by Gasteiger charge is 2.39. The highest BCUT2D eigenvalue weighted by Crippen LogP contribution is 2.28. The van der Waals surface area contributed by atoms with Crippen molar-refractivity contribution in [2.24, 2.45) is 5.73 Å². The molecule has 1 amide bonds. The molecule has 1 aliphatic carbocycles. The van der Waals surface area contributed by atoms with Crippen LogP contribution in [-0.4, -0.2) is 29.4 Å². The average Bonchev–Trinajstić information content (AvgIpc) is 2.62. The van der Waals surface area contributed by atoms with E-state index in [-0.39, 0.29) is 5.91 Å². The summed E-state index contributed by atoms with van der Waals surface area (Å²) in [7, 11) is 0. The maximum atomic E-state index is 12.0. The van der Waals surface area contributed by atoms with Gasteiger partial charge in [-0.3, -0.25) is 4.79 Å². The van der Waals surface area contributed by atoms with E-state index in [2.05, 4.69) is 6.58 Å². The van der Waals surface area contributed by atoms with E-state index in [4.69, 9.17) is 5.73 Å². The molecule has 0 aliphatic heterocycles. The van der Waals surface area contributed by atoms with Crippen LogP contribution in [0.25, 0.3) is 0 Å². The lowest BCUT2D eigenvalue weighted by Crippen LogP contribution is -2.53. The fourth-order valence-electron chi connectivity index (χ4n) is 2.05. The summed E-state index contributed by atoms with van der Waals surface area (Å²) in [5, 5.41) is 0. The zero-order valence-electron chi connectivity index (χ0n) is 8.96. The molecule has 0 heterocycles. The Hall–Kier alpha value is -0.830. The largest absolute Gasteiger partial charge is 0.338 e. The lowest BCUT2D eigenvalue weighted by molar-refractivity contribution is -0.136. The van der Waals surface area contributed by atoms with Crippen LogP contribution < -0.4 is 5.73 Å². The van der Waals surface area contributed by atoms with Crippen LogP contribution in [0, 0.1) is 0 Å². The van der Waals surface area contributed by atoms with E-state index in [1.165, 1.54) is 0 Å². The van der Waals surface area contributed by atoms with Crippen molar-refractivity contribution in [3.05, 3.63) is 12.7 Å². The van der Waals surface area contributed by atoms with Crippen LogP contribution in [0.1, 0.15) is 32.6 Å². The highest BCUT2D eigenvalue weighted by molar-refractivity contribution is 5.86. The number of rotatable bonds is 4. The fourth-order valence-corrected chi connectivity index (χ4v) is 2.05. The van der Waals surface area contributed by atoms with Crippen LogP contribution in [0.5, 0.6) is 0 Å². The van der Waals surface area contributed by atoms with Gasteiger partial charge in [-0.1, -0.05) is 18.9 Å². The first-order valence-electron chi connectivity index (χ1n) is 5.33. The van der Waals surface area contributed by atoms with E-state index in [0.29, 0.717) is 13.1 Å². The maximum absolute atomic E-state index is 12.0. The molecule has 0 saturated heterocycles. The molecule has 1 aliphatic rings. The minimum absolute atomic E-state index is 0.0948. The molecular formula is C11H20N2O. The van der Waals surface area contributed by atoms with Gasteiger partial charge in [0.1, 0.15) is 0 Å². The topological polar surface area (TPSA) is 46.3 Å². The van der Waals surface area contributed by atoms with Crippen molar-refractivity contribution in [3.63, 3.8) is 0 Å². The third-order valence-corrected chi connectivity index (χ3v) is 2.94. The highest BCUT2D eigenvalue weighted by atomic mass is 16.2. The van der Waals surface area contributed by atoms with Crippen molar-refractivity contribution in [1.29, 1.82) is 0 Å². The van der Waals surface area contributed by atoms with Crippen LogP contribution in [-0.2, 0) is 4.79 Å². The average molecular weight is 196 g/mol. The molecule has 0 spiro atoms. The van der Waals surface area contributed by atoms with E-state index in [0.717, 1.165) is 25.7 Å². The second-order valence-corrected chi connectivity index (χ2v) is 4.00. The summed E-state index contributed by atoms with van der Waals surface area (Å²) in [6, 6.07) is 0. The number of hydrogen-bond acceptors (Lipinski definition) is 2. The van der Waals surface area contributed by atoms with Gasteiger partial charge in [0, 0.05) is 13.1 Å². The number of nitrogens with two attached hydrogens (primary N) is 1. The lowest BCUT2D eigenvalue weighted by atomic mass is 9.97. The first-order valence-corrected chi connectivity index (χ1v) is 5.33. The van der Waals surface area contributed by atoms with Crippen LogP contribution >= 0.6 is 0 Å². The summed E-state index contributed by atoms with van der Waals surface area (Å²) in [6.45, 7) is 6.93. The minimum Gasteiger partial charge on any atom is -0.338 e. The van der Waals surface area contributed by atoms with Gasteiger partial charge in [0.15, 0.2) is 0 Å². The first kappa shape index (κ1) is 11.2. The minimum atomic E-state index is -0.584. The molecule has 0 bridgehead atoms. The normalized spacial score (nSPS) is 19.3. The van der Waals surface area contributed by atoms with E-state index < -0.39 is 5.54 Å². The van der Waals surface area contributed by atoms with Crippen molar-refractivity contribution in [3.8, 4) is 0 Å². The summed E-state index contributed by atoms with van der Waals surface area (Å²) in [5.74, 6) is 0.0948. The number of likely N-dealkylation sites (N-methyl/N-ethyl adjacent to an activating group) is 1.